The number of aryl methyl sites for hydroxylation is 1. The van der Waals surface area contributed by atoms with Crippen LogP contribution in [-0.4, -0.2) is 26.0 Å². The van der Waals surface area contributed by atoms with Crippen molar-refractivity contribution in [3.8, 4) is 11.4 Å². The molecule has 3 N–H and O–H groups in total. The zero-order valence-electron chi connectivity index (χ0n) is 16.5. The summed E-state index contributed by atoms with van der Waals surface area (Å²) in [4.78, 5) is 12.7. The molecule has 0 fully saturated rings. The van der Waals surface area contributed by atoms with E-state index in [0.717, 1.165) is 22.4 Å². The number of nitrogen functional groups attached to an aromatic ring is 1. The number of benzene rings is 2. The highest BCUT2D eigenvalue weighted by atomic mass is 32.2. The summed E-state index contributed by atoms with van der Waals surface area (Å²) in [6, 6.07) is 15.8. The molecule has 6 nitrogen and oxygen atoms in total. The number of nitrogens with two attached hydrogens (primary N) is 1. The Kier molecular flexibility index (Phi) is 6.04. The van der Waals surface area contributed by atoms with E-state index in [-0.39, 0.29) is 11.2 Å². The van der Waals surface area contributed by atoms with Crippen LogP contribution in [-0.2, 0) is 4.79 Å². The van der Waals surface area contributed by atoms with Crippen molar-refractivity contribution in [2.45, 2.75) is 44.0 Å². The van der Waals surface area contributed by atoms with E-state index in [4.69, 9.17) is 5.84 Å². The van der Waals surface area contributed by atoms with Crippen LogP contribution in [0.4, 0.5) is 5.69 Å². The number of carbonyl (C=O) groups excluding carboxylic acids is 1. The molecule has 2 aromatic carbocycles. The van der Waals surface area contributed by atoms with Crippen LogP contribution in [0.25, 0.3) is 11.4 Å². The Morgan fingerprint density at radius 2 is 1.75 bits per heavy atom. The Morgan fingerprint density at radius 3 is 2.43 bits per heavy atom. The van der Waals surface area contributed by atoms with Gasteiger partial charge in [0.15, 0.2) is 5.82 Å². The average molecular weight is 396 g/mol. The first-order valence-corrected chi connectivity index (χ1v) is 10.1. The molecule has 3 rings (SSSR count). The summed E-state index contributed by atoms with van der Waals surface area (Å²) in [6.45, 7) is 8.06. The van der Waals surface area contributed by atoms with Crippen LogP contribution in [0.2, 0.25) is 0 Å². The van der Waals surface area contributed by atoms with Gasteiger partial charge in [0.05, 0.1) is 5.25 Å². The van der Waals surface area contributed by atoms with E-state index in [9.17, 15) is 4.79 Å². The van der Waals surface area contributed by atoms with Gasteiger partial charge in [-0.25, -0.2) is 4.68 Å². The van der Waals surface area contributed by atoms with Crippen LogP contribution in [0.5, 0.6) is 0 Å². The van der Waals surface area contributed by atoms with Gasteiger partial charge in [0, 0.05) is 11.3 Å². The summed E-state index contributed by atoms with van der Waals surface area (Å²) < 4.78 is 1.43. The normalized spacial score (nSPS) is 12.2. The van der Waals surface area contributed by atoms with Gasteiger partial charge in [-0.3, -0.25) is 4.79 Å². The summed E-state index contributed by atoms with van der Waals surface area (Å²) in [5.41, 5.74) is 3.99. The second-order valence-corrected chi connectivity index (χ2v) is 8.34. The molecule has 1 aromatic heterocycles. The molecule has 0 saturated carbocycles. The van der Waals surface area contributed by atoms with E-state index in [0.29, 0.717) is 16.9 Å². The maximum absolute atomic E-state index is 12.7. The third-order valence-corrected chi connectivity index (χ3v) is 5.52. The van der Waals surface area contributed by atoms with Crippen molar-refractivity contribution in [3.05, 3.63) is 59.7 Å². The summed E-state index contributed by atoms with van der Waals surface area (Å²) in [5, 5.41) is 11.5. The number of hydrogen-bond donors (Lipinski definition) is 2. The minimum Gasteiger partial charge on any atom is -0.335 e. The van der Waals surface area contributed by atoms with Gasteiger partial charge in [0.25, 0.3) is 0 Å². The van der Waals surface area contributed by atoms with Crippen LogP contribution >= 0.6 is 11.8 Å². The second-order valence-electron chi connectivity index (χ2n) is 7.03. The third-order valence-electron chi connectivity index (χ3n) is 4.47. The van der Waals surface area contributed by atoms with Crippen molar-refractivity contribution in [3.63, 3.8) is 0 Å². The Balaban J connectivity index is 1.72. The maximum atomic E-state index is 12.7. The van der Waals surface area contributed by atoms with E-state index in [1.54, 1.807) is 0 Å². The van der Waals surface area contributed by atoms with E-state index in [1.165, 1.54) is 16.4 Å². The minimum absolute atomic E-state index is 0.0991. The van der Waals surface area contributed by atoms with Crippen LogP contribution < -0.4 is 11.2 Å². The first-order chi connectivity index (χ1) is 13.4. The van der Waals surface area contributed by atoms with Gasteiger partial charge in [0.2, 0.25) is 11.1 Å². The number of thioether (sulfide) groups is 1. The molecule has 0 spiro atoms. The van der Waals surface area contributed by atoms with Crippen molar-refractivity contribution in [1.82, 2.24) is 14.9 Å². The van der Waals surface area contributed by atoms with Crippen LogP contribution in [0.15, 0.2) is 53.7 Å². The van der Waals surface area contributed by atoms with Gasteiger partial charge < -0.3 is 11.2 Å². The quantitative estimate of drug-likeness (QED) is 0.482. The molecule has 0 bridgehead atoms. The number of carbonyl (C=O) groups is 1. The monoisotopic (exact) mass is 395 g/mol. The molecule has 0 radical (unpaired) electrons. The van der Waals surface area contributed by atoms with Gasteiger partial charge in [0.1, 0.15) is 0 Å². The molecule has 28 heavy (non-hydrogen) atoms. The molecule has 146 valence electrons. The number of amides is 1. The van der Waals surface area contributed by atoms with Gasteiger partial charge >= 0.3 is 0 Å². The molecule has 0 unspecified atom stereocenters. The number of aromatic nitrogens is 3. The highest BCUT2D eigenvalue weighted by Crippen LogP contribution is 2.27. The number of hydrogen-bond acceptors (Lipinski definition) is 5. The maximum Gasteiger partial charge on any atom is 0.237 e. The molecule has 3 aromatic rings. The van der Waals surface area contributed by atoms with Crippen molar-refractivity contribution < 1.29 is 4.79 Å². The first kappa shape index (κ1) is 19.9. The standard InChI is InChI=1S/C21H25N5OS/c1-13(2)17-7-5-6-8-18(17)23-20(27)15(4)28-21-25-24-19(26(21)22)16-11-9-14(3)10-12-16/h5-13,15H,22H2,1-4H3,(H,23,27)/t15-/m0/s1. The predicted molar refractivity (Wildman–Crippen MR) is 115 cm³/mol. The zero-order valence-corrected chi connectivity index (χ0v) is 17.3. The van der Waals surface area contributed by atoms with Gasteiger partial charge in [-0.1, -0.05) is 73.6 Å². The van der Waals surface area contributed by atoms with Crippen molar-refractivity contribution in [1.29, 1.82) is 0 Å². The first-order valence-electron chi connectivity index (χ1n) is 9.20. The minimum atomic E-state index is -0.377. The van der Waals surface area contributed by atoms with Crippen LogP contribution in [0.1, 0.15) is 37.8 Å². The molecule has 1 amide bonds. The summed E-state index contributed by atoms with van der Waals surface area (Å²) in [6.07, 6.45) is 0. The summed E-state index contributed by atoms with van der Waals surface area (Å²) in [7, 11) is 0. The van der Waals surface area contributed by atoms with Crippen LogP contribution in [0.3, 0.4) is 0 Å². The number of nitrogens with one attached hydrogen (secondary N) is 1. The smallest absolute Gasteiger partial charge is 0.237 e. The molecular weight excluding hydrogens is 370 g/mol. The SMILES string of the molecule is Cc1ccc(-c2nnc(S[C@@H](C)C(=O)Nc3ccccc3C(C)C)n2N)cc1. The number of rotatable bonds is 6. The summed E-state index contributed by atoms with van der Waals surface area (Å²) in [5.74, 6) is 6.97. The largest absolute Gasteiger partial charge is 0.335 e. The Bertz CT molecular complexity index is 965. The molecule has 0 aliphatic heterocycles. The highest BCUT2D eigenvalue weighted by Gasteiger charge is 2.21. The lowest BCUT2D eigenvalue weighted by Crippen LogP contribution is -2.24. The number of anilines is 1. The van der Waals surface area contributed by atoms with Crippen molar-refractivity contribution in [2.24, 2.45) is 0 Å². The lowest BCUT2D eigenvalue weighted by Gasteiger charge is -2.16. The molecule has 0 saturated heterocycles. The zero-order chi connectivity index (χ0) is 20.3. The van der Waals surface area contributed by atoms with Crippen molar-refractivity contribution in [2.75, 3.05) is 11.2 Å². The fourth-order valence-electron chi connectivity index (χ4n) is 2.82. The van der Waals surface area contributed by atoms with E-state index < -0.39 is 0 Å². The number of nitrogens with zero attached hydrogens (tertiary/aromatic N) is 3. The van der Waals surface area contributed by atoms with E-state index in [1.807, 2.05) is 62.4 Å². The average Bonchev–Trinajstić information content (AvgIpc) is 3.03. The van der Waals surface area contributed by atoms with Gasteiger partial charge in [-0.05, 0) is 31.4 Å². The van der Waals surface area contributed by atoms with Crippen molar-refractivity contribution >= 4 is 23.4 Å². The third kappa shape index (κ3) is 4.36. The Morgan fingerprint density at radius 1 is 1.07 bits per heavy atom. The Labute approximate surface area is 169 Å². The van der Waals surface area contributed by atoms with Gasteiger partial charge in [-0.15, -0.1) is 10.2 Å². The lowest BCUT2D eigenvalue weighted by atomic mass is 10.0. The Hall–Kier alpha value is -2.80. The number of para-hydroxylation sites is 1. The second kappa shape index (κ2) is 8.48. The lowest BCUT2D eigenvalue weighted by molar-refractivity contribution is -0.115. The topological polar surface area (TPSA) is 85.8 Å². The highest BCUT2D eigenvalue weighted by molar-refractivity contribution is 8.00. The van der Waals surface area contributed by atoms with E-state index in [2.05, 4.69) is 29.4 Å². The predicted octanol–water partition coefficient (Wildman–Crippen LogP) is 4.21. The van der Waals surface area contributed by atoms with E-state index >= 15 is 0 Å². The molecular formula is C21H25N5OS. The fraction of sp³-hybridized carbons (Fsp3) is 0.286. The molecule has 0 aliphatic rings. The fourth-order valence-corrected chi connectivity index (χ4v) is 3.59. The van der Waals surface area contributed by atoms with Crippen LogP contribution in [0, 0.1) is 6.92 Å². The summed E-state index contributed by atoms with van der Waals surface area (Å²) >= 11 is 1.28. The molecule has 7 heteroatoms. The van der Waals surface area contributed by atoms with Gasteiger partial charge in [-0.2, -0.15) is 0 Å². The molecule has 1 atom stereocenters. The molecule has 0 aliphatic carbocycles. The molecule has 1 heterocycles.